The van der Waals surface area contributed by atoms with Crippen LogP contribution in [0.2, 0.25) is 0 Å². The van der Waals surface area contributed by atoms with Gasteiger partial charge in [-0.15, -0.1) is 0 Å². The van der Waals surface area contributed by atoms with E-state index in [0.717, 1.165) is 5.70 Å². The van der Waals surface area contributed by atoms with Gasteiger partial charge in [-0.3, -0.25) is 4.79 Å². The first-order chi connectivity index (χ1) is 4.75. The van der Waals surface area contributed by atoms with Crippen molar-refractivity contribution in [2.45, 2.75) is 0 Å². The Kier molecular flexibility index (Phi) is 1.87. The first-order valence-electron chi connectivity index (χ1n) is 3.14. The average molecular weight is 138 g/mol. The van der Waals surface area contributed by atoms with Crippen molar-refractivity contribution in [3.05, 3.63) is 24.4 Å². The summed E-state index contributed by atoms with van der Waals surface area (Å²) in [5.74, 6) is -0.0181. The fraction of sp³-hybridized carbons (Fsp3) is 0.286. The maximum atomic E-state index is 10.9. The molecule has 0 fully saturated rings. The van der Waals surface area contributed by atoms with Crippen molar-refractivity contribution in [2.24, 2.45) is 5.73 Å². The zero-order chi connectivity index (χ0) is 7.56. The number of rotatable bonds is 2. The van der Waals surface area contributed by atoms with E-state index in [1.807, 2.05) is 0 Å². The van der Waals surface area contributed by atoms with Crippen LogP contribution in [-0.4, -0.2) is 23.9 Å². The molecule has 0 radical (unpaired) electrons. The Balaban J connectivity index is 2.60. The summed E-state index contributed by atoms with van der Waals surface area (Å²) in [5, 5.41) is 0. The zero-order valence-corrected chi connectivity index (χ0v) is 5.71. The van der Waals surface area contributed by atoms with E-state index in [1.165, 1.54) is 6.08 Å². The quantitative estimate of drug-likeness (QED) is 0.577. The van der Waals surface area contributed by atoms with Crippen LogP contribution in [0, 0.1) is 0 Å². The number of nitrogens with two attached hydrogens (primary N) is 1. The molecule has 0 unspecified atom stereocenters. The van der Waals surface area contributed by atoms with Gasteiger partial charge >= 0.3 is 0 Å². The Morgan fingerprint density at radius 3 is 2.70 bits per heavy atom. The largest absolute Gasteiger partial charge is 0.329 e. The second kappa shape index (κ2) is 2.66. The highest BCUT2D eigenvalue weighted by atomic mass is 16.2. The average Bonchev–Trinajstić information content (AvgIpc) is 2.20. The first kappa shape index (κ1) is 7.02. The Morgan fingerprint density at radius 1 is 1.60 bits per heavy atom. The topological polar surface area (TPSA) is 46.3 Å². The first-order valence-corrected chi connectivity index (χ1v) is 3.14. The SMILES string of the molecule is C=C1C=CC(=O)N1CCN. The molecule has 0 spiro atoms. The summed E-state index contributed by atoms with van der Waals surface area (Å²) in [6, 6.07) is 0. The molecule has 10 heavy (non-hydrogen) atoms. The van der Waals surface area contributed by atoms with E-state index in [-0.39, 0.29) is 5.91 Å². The number of carbonyl (C=O) groups excluding carboxylic acids is 1. The molecule has 0 bridgehead atoms. The molecule has 3 heteroatoms. The van der Waals surface area contributed by atoms with E-state index in [4.69, 9.17) is 5.73 Å². The molecule has 1 aliphatic rings. The fourth-order valence-corrected chi connectivity index (χ4v) is 0.872. The maximum Gasteiger partial charge on any atom is 0.251 e. The molecule has 1 amide bonds. The molecule has 1 heterocycles. The highest BCUT2D eigenvalue weighted by Gasteiger charge is 2.16. The standard InChI is InChI=1S/C7H10N2O/c1-6-2-3-7(10)9(6)5-4-8/h2-3H,1,4-5,8H2. The molecule has 2 N–H and O–H groups in total. The van der Waals surface area contributed by atoms with Gasteiger partial charge in [-0.2, -0.15) is 0 Å². The van der Waals surface area contributed by atoms with Gasteiger partial charge in [0.15, 0.2) is 0 Å². The molecule has 0 atom stereocenters. The van der Waals surface area contributed by atoms with Gasteiger partial charge < -0.3 is 10.6 Å². The number of allylic oxidation sites excluding steroid dienone is 1. The van der Waals surface area contributed by atoms with Gasteiger partial charge in [0.05, 0.1) is 0 Å². The number of hydrogen-bond acceptors (Lipinski definition) is 2. The molecule has 0 aromatic carbocycles. The number of amides is 1. The smallest absolute Gasteiger partial charge is 0.251 e. The fourth-order valence-electron chi connectivity index (χ4n) is 0.872. The van der Waals surface area contributed by atoms with Crippen molar-refractivity contribution >= 4 is 5.91 Å². The van der Waals surface area contributed by atoms with Crippen molar-refractivity contribution in [1.29, 1.82) is 0 Å². The van der Waals surface area contributed by atoms with E-state index in [2.05, 4.69) is 6.58 Å². The third-order valence-corrected chi connectivity index (χ3v) is 1.38. The number of carbonyl (C=O) groups is 1. The van der Waals surface area contributed by atoms with Crippen LogP contribution in [0.4, 0.5) is 0 Å². The Labute approximate surface area is 59.8 Å². The molecular formula is C7H10N2O. The van der Waals surface area contributed by atoms with Crippen LogP contribution >= 0.6 is 0 Å². The Hall–Kier alpha value is -1.09. The van der Waals surface area contributed by atoms with Crippen LogP contribution in [0.3, 0.4) is 0 Å². The van der Waals surface area contributed by atoms with Gasteiger partial charge in [0.2, 0.25) is 0 Å². The van der Waals surface area contributed by atoms with E-state index >= 15 is 0 Å². The minimum Gasteiger partial charge on any atom is -0.329 e. The van der Waals surface area contributed by atoms with Gasteiger partial charge in [-0.05, 0) is 6.08 Å². The summed E-state index contributed by atoms with van der Waals surface area (Å²) in [6.07, 6.45) is 3.19. The normalized spacial score (nSPS) is 17.1. The van der Waals surface area contributed by atoms with Crippen LogP contribution < -0.4 is 5.73 Å². The van der Waals surface area contributed by atoms with Crippen molar-refractivity contribution in [3.8, 4) is 0 Å². The zero-order valence-electron chi connectivity index (χ0n) is 5.71. The minimum atomic E-state index is -0.0181. The lowest BCUT2D eigenvalue weighted by Gasteiger charge is -2.14. The van der Waals surface area contributed by atoms with Gasteiger partial charge in [-0.25, -0.2) is 0 Å². The van der Waals surface area contributed by atoms with Gasteiger partial charge in [0, 0.05) is 24.9 Å². The molecule has 1 rings (SSSR count). The molecule has 1 aliphatic heterocycles. The van der Waals surface area contributed by atoms with Gasteiger partial charge in [0.1, 0.15) is 0 Å². The van der Waals surface area contributed by atoms with E-state index in [1.54, 1.807) is 11.0 Å². The van der Waals surface area contributed by atoms with E-state index in [0.29, 0.717) is 13.1 Å². The summed E-state index contributed by atoms with van der Waals surface area (Å²) >= 11 is 0. The molecule has 54 valence electrons. The van der Waals surface area contributed by atoms with Crippen LogP contribution in [0.5, 0.6) is 0 Å². The van der Waals surface area contributed by atoms with Crippen LogP contribution in [-0.2, 0) is 4.79 Å². The third kappa shape index (κ3) is 1.09. The second-order valence-corrected chi connectivity index (χ2v) is 2.10. The lowest BCUT2D eigenvalue weighted by molar-refractivity contribution is -0.123. The van der Waals surface area contributed by atoms with Gasteiger partial charge in [0.25, 0.3) is 5.91 Å². The van der Waals surface area contributed by atoms with Crippen molar-refractivity contribution in [2.75, 3.05) is 13.1 Å². The predicted molar refractivity (Wildman–Crippen MR) is 39.0 cm³/mol. The lowest BCUT2D eigenvalue weighted by atomic mass is 10.4. The van der Waals surface area contributed by atoms with Crippen LogP contribution in [0.25, 0.3) is 0 Å². The summed E-state index contributed by atoms with van der Waals surface area (Å²) in [4.78, 5) is 12.5. The summed E-state index contributed by atoms with van der Waals surface area (Å²) in [6.45, 7) is 4.71. The molecule has 0 aromatic rings. The van der Waals surface area contributed by atoms with E-state index in [9.17, 15) is 4.79 Å². The lowest BCUT2D eigenvalue weighted by Crippen LogP contribution is -2.29. The monoisotopic (exact) mass is 138 g/mol. The molecule has 0 aliphatic carbocycles. The third-order valence-electron chi connectivity index (χ3n) is 1.38. The van der Waals surface area contributed by atoms with Crippen LogP contribution in [0.15, 0.2) is 24.4 Å². The summed E-state index contributed by atoms with van der Waals surface area (Å²) in [7, 11) is 0. The Morgan fingerprint density at radius 2 is 2.30 bits per heavy atom. The molecule has 0 aromatic heterocycles. The van der Waals surface area contributed by atoms with Crippen LogP contribution in [0.1, 0.15) is 0 Å². The summed E-state index contributed by atoms with van der Waals surface area (Å²) in [5.41, 5.74) is 6.00. The van der Waals surface area contributed by atoms with Crippen molar-refractivity contribution < 1.29 is 4.79 Å². The highest BCUT2D eigenvalue weighted by Crippen LogP contribution is 2.10. The highest BCUT2D eigenvalue weighted by molar-refractivity contribution is 5.92. The van der Waals surface area contributed by atoms with E-state index < -0.39 is 0 Å². The van der Waals surface area contributed by atoms with Gasteiger partial charge in [-0.1, -0.05) is 6.58 Å². The molecular weight excluding hydrogens is 128 g/mol. The minimum absolute atomic E-state index is 0.0181. The number of hydrogen-bond donors (Lipinski definition) is 1. The molecule has 0 saturated heterocycles. The predicted octanol–water partition coefficient (Wildman–Crippen LogP) is -0.143. The maximum absolute atomic E-state index is 10.9. The molecule has 3 nitrogen and oxygen atoms in total. The number of nitrogens with zero attached hydrogens (tertiary/aromatic N) is 1. The van der Waals surface area contributed by atoms with Crippen molar-refractivity contribution in [3.63, 3.8) is 0 Å². The Bertz CT molecular complexity index is 178. The summed E-state index contributed by atoms with van der Waals surface area (Å²) < 4.78 is 0. The second-order valence-electron chi connectivity index (χ2n) is 2.10. The molecule has 0 saturated carbocycles. The van der Waals surface area contributed by atoms with Crippen molar-refractivity contribution in [1.82, 2.24) is 4.90 Å².